The van der Waals surface area contributed by atoms with Gasteiger partial charge in [0.2, 0.25) is 0 Å². The van der Waals surface area contributed by atoms with Crippen molar-refractivity contribution in [2.75, 3.05) is 38.1 Å². The Morgan fingerprint density at radius 2 is 2.00 bits per heavy atom. The van der Waals surface area contributed by atoms with Crippen molar-refractivity contribution in [1.82, 2.24) is 9.88 Å². The normalized spacial score (nSPS) is 17.0. The van der Waals surface area contributed by atoms with Gasteiger partial charge in [0.05, 0.1) is 11.3 Å². The molecule has 0 radical (unpaired) electrons. The number of carbonyl (C=O) groups is 1. The topological polar surface area (TPSA) is 59.6 Å². The van der Waals surface area contributed by atoms with Crippen LogP contribution < -0.4 is 4.90 Å². The fourth-order valence-corrected chi connectivity index (χ4v) is 2.55. The standard InChI is InChI=1S/C14H17N3O2/c1-16-4-6-17(7-5-16)13-9-15-12-3-2-10(14(18)19)8-11(12)13/h2-3,8-9,15H,4-7H2,1H3,(H,18,19). The van der Waals surface area contributed by atoms with E-state index in [1.54, 1.807) is 12.1 Å². The van der Waals surface area contributed by atoms with Crippen molar-refractivity contribution < 1.29 is 9.90 Å². The van der Waals surface area contributed by atoms with Crippen LogP contribution in [0.3, 0.4) is 0 Å². The predicted octanol–water partition coefficient (Wildman–Crippen LogP) is 1.62. The number of piperazine rings is 1. The Hall–Kier alpha value is -2.01. The van der Waals surface area contributed by atoms with Crippen molar-refractivity contribution in [3.05, 3.63) is 30.0 Å². The largest absolute Gasteiger partial charge is 0.478 e. The van der Waals surface area contributed by atoms with Gasteiger partial charge in [-0.3, -0.25) is 0 Å². The molecule has 0 unspecified atom stereocenters. The average molecular weight is 259 g/mol. The molecule has 2 N–H and O–H groups in total. The third kappa shape index (κ3) is 2.17. The van der Waals surface area contributed by atoms with Crippen LogP contribution in [0.25, 0.3) is 10.9 Å². The van der Waals surface area contributed by atoms with Crippen LogP contribution in [-0.4, -0.2) is 54.2 Å². The molecule has 1 fully saturated rings. The fourth-order valence-electron chi connectivity index (χ4n) is 2.55. The maximum atomic E-state index is 11.1. The van der Waals surface area contributed by atoms with Gasteiger partial charge in [0.25, 0.3) is 0 Å². The summed E-state index contributed by atoms with van der Waals surface area (Å²) in [6.07, 6.45) is 1.97. The van der Waals surface area contributed by atoms with Gasteiger partial charge in [0, 0.05) is 43.3 Å². The molecular weight excluding hydrogens is 242 g/mol. The van der Waals surface area contributed by atoms with E-state index < -0.39 is 5.97 Å². The van der Waals surface area contributed by atoms with Crippen molar-refractivity contribution in [2.24, 2.45) is 0 Å². The maximum absolute atomic E-state index is 11.1. The van der Waals surface area contributed by atoms with E-state index in [0.717, 1.165) is 42.8 Å². The second-order valence-electron chi connectivity index (χ2n) is 5.03. The summed E-state index contributed by atoms with van der Waals surface area (Å²) in [6, 6.07) is 5.22. The van der Waals surface area contributed by atoms with Crippen LogP contribution in [0.15, 0.2) is 24.4 Å². The quantitative estimate of drug-likeness (QED) is 0.860. The SMILES string of the molecule is CN1CCN(c2c[nH]c3ccc(C(=O)O)cc23)CC1. The van der Waals surface area contributed by atoms with Crippen molar-refractivity contribution >= 4 is 22.6 Å². The van der Waals surface area contributed by atoms with Crippen LogP contribution in [0.5, 0.6) is 0 Å². The molecule has 3 rings (SSSR count). The highest BCUT2D eigenvalue weighted by Crippen LogP contribution is 2.28. The Kier molecular flexibility index (Phi) is 2.91. The minimum Gasteiger partial charge on any atom is -0.478 e. The number of aromatic amines is 1. The lowest BCUT2D eigenvalue weighted by Crippen LogP contribution is -2.44. The number of anilines is 1. The van der Waals surface area contributed by atoms with Crippen LogP contribution >= 0.6 is 0 Å². The maximum Gasteiger partial charge on any atom is 0.335 e. The molecule has 1 saturated heterocycles. The molecule has 1 aromatic carbocycles. The summed E-state index contributed by atoms with van der Waals surface area (Å²) in [7, 11) is 2.12. The van der Waals surface area contributed by atoms with Crippen LogP contribution in [0.4, 0.5) is 5.69 Å². The first-order valence-electron chi connectivity index (χ1n) is 6.43. The number of nitrogens with one attached hydrogen (secondary N) is 1. The number of nitrogens with zero attached hydrogens (tertiary/aromatic N) is 2. The summed E-state index contributed by atoms with van der Waals surface area (Å²) < 4.78 is 0. The molecule has 1 aromatic heterocycles. The van der Waals surface area contributed by atoms with Gasteiger partial charge in [-0.2, -0.15) is 0 Å². The number of aromatic nitrogens is 1. The molecule has 2 heterocycles. The van der Waals surface area contributed by atoms with Crippen LogP contribution in [0.2, 0.25) is 0 Å². The Labute approximate surface area is 111 Å². The summed E-state index contributed by atoms with van der Waals surface area (Å²) >= 11 is 0. The lowest BCUT2D eigenvalue weighted by atomic mass is 10.1. The fraction of sp³-hybridized carbons (Fsp3) is 0.357. The van der Waals surface area contributed by atoms with E-state index >= 15 is 0 Å². The monoisotopic (exact) mass is 259 g/mol. The van der Waals surface area contributed by atoms with E-state index in [1.807, 2.05) is 12.3 Å². The van der Waals surface area contributed by atoms with E-state index in [2.05, 4.69) is 21.8 Å². The van der Waals surface area contributed by atoms with E-state index in [0.29, 0.717) is 5.56 Å². The zero-order valence-electron chi connectivity index (χ0n) is 10.9. The minimum absolute atomic E-state index is 0.336. The Balaban J connectivity index is 1.99. The number of fused-ring (bicyclic) bond motifs is 1. The minimum atomic E-state index is -0.882. The number of hydrogen-bond acceptors (Lipinski definition) is 3. The van der Waals surface area contributed by atoms with Gasteiger partial charge >= 0.3 is 5.97 Å². The Morgan fingerprint density at radius 1 is 1.26 bits per heavy atom. The lowest BCUT2D eigenvalue weighted by molar-refractivity contribution is 0.0697. The molecule has 0 bridgehead atoms. The molecule has 0 spiro atoms. The summed E-state index contributed by atoms with van der Waals surface area (Å²) in [5.41, 5.74) is 2.42. The highest BCUT2D eigenvalue weighted by Gasteiger charge is 2.18. The van der Waals surface area contributed by atoms with Gasteiger partial charge in [0.15, 0.2) is 0 Å². The average Bonchev–Trinajstić information content (AvgIpc) is 2.82. The van der Waals surface area contributed by atoms with Crippen molar-refractivity contribution in [1.29, 1.82) is 0 Å². The van der Waals surface area contributed by atoms with E-state index in [-0.39, 0.29) is 0 Å². The van der Waals surface area contributed by atoms with Gasteiger partial charge in [-0.1, -0.05) is 0 Å². The molecule has 1 aliphatic heterocycles. The number of carboxylic acids is 1. The summed E-state index contributed by atoms with van der Waals surface area (Å²) in [5.74, 6) is -0.882. The number of hydrogen-bond donors (Lipinski definition) is 2. The number of aromatic carboxylic acids is 1. The smallest absolute Gasteiger partial charge is 0.335 e. The van der Waals surface area contributed by atoms with Crippen molar-refractivity contribution in [2.45, 2.75) is 0 Å². The van der Waals surface area contributed by atoms with Gasteiger partial charge in [-0.05, 0) is 25.2 Å². The highest BCUT2D eigenvalue weighted by molar-refractivity contribution is 5.99. The number of benzene rings is 1. The molecule has 0 amide bonds. The van der Waals surface area contributed by atoms with Gasteiger partial charge in [-0.15, -0.1) is 0 Å². The molecular formula is C14H17N3O2. The van der Waals surface area contributed by atoms with Crippen molar-refractivity contribution in [3.8, 4) is 0 Å². The van der Waals surface area contributed by atoms with E-state index in [1.165, 1.54) is 0 Å². The van der Waals surface area contributed by atoms with Crippen LogP contribution in [0.1, 0.15) is 10.4 Å². The zero-order chi connectivity index (χ0) is 13.4. The first-order valence-corrected chi connectivity index (χ1v) is 6.43. The third-order valence-electron chi connectivity index (χ3n) is 3.75. The molecule has 0 saturated carbocycles. The molecule has 100 valence electrons. The lowest BCUT2D eigenvalue weighted by Gasteiger charge is -2.33. The second-order valence-corrected chi connectivity index (χ2v) is 5.03. The van der Waals surface area contributed by atoms with Gasteiger partial charge in [0.1, 0.15) is 0 Å². The van der Waals surface area contributed by atoms with Crippen molar-refractivity contribution in [3.63, 3.8) is 0 Å². The number of rotatable bonds is 2. The molecule has 19 heavy (non-hydrogen) atoms. The third-order valence-corrected chi connectivity index (χ3v) is 3.75. The predicted molar refractivity (Wildman–Crippen MR) is 75.0 cm³/mol. The molecule has 0 aliphatic carbocycles. The molecule has 5 nitrogen and oxygen atoms in total. The van der Waals surface area contributed by atoms with Crippen LogP contribution in [0, 0.1) is 0 Å². The molecule has 2 aromatic rings. The van der Waals surface area contributed by atoms with Gasteiger partial charge in [-0.25, -0.2) is 4.79 Å². The summed E-state index contributed by atoms with van der Waals surface area (Å²) in [5, 5.41) is 10.1. The molecule has 5 heteroatoms. The highest BCUT2D eigenvalue weighted by atomic mass is 16.4. The van der Waals surface area contributed by atoms with Crippen LogP contribution in [-0.2, 0) is 0 Å². The number of carboxylic acid groups (broad SMARTS) is 1. The zero-order valence-corrected chi connectivity index (χ0v) is 10.9. The molecule has 0 atom stereocenters. The summed E-state index contributed by atoms with van der Waals surface area (Å²) in [4.78, 5) is 18.9. The first kappa shape index (κ1) is 12.0. The van der Waals surface area contributed by atoms with E-state index in [4.69, 9.17) is 5.11 Å². The Morgan fingerprint density at radius 3 is 2.68 bits per heavy atom. The summed E-state index contributed by atoms with van der Waals surface area (Å²) in [6.45, 7) is 4.01. The Bertz CT molecular complexity index is 612. The first-order chi connectivity index (χ1) is 9.15. The van der Waals surface area contributed by atoms with Gasteiger partial charge < -0.3 is 19.9 Å². The molecule has 1 aliphatic rings. The van der Waals surface area contributed by atoms with E-state index in [9.17, 15) is 4.79 Å². The second kappa shape index (κ2) is 4.59. The number of likely N-dealkylation sites (N-methyl/N-ethyl adjacent to an activating group) is 1. The number of H-pyrrole nitrogens is 1.